The molecule has 0 radical (unpaired) electrons. The molecule has 4 fully saturated rings. The number of anilines is 1. The Morgan fingerprint density at radius 1 is 0.965 bits per heavy atom. The number of allylic oxidation sites excluding steroid dienone is 4. The number of amides is 1. The Hall–Kier alpha value is -2.37. The highest BCUT2D eigenvalue weighted by Gasteiger charge is 2.49. The Morgan fingerprint density at radius 3 is 2.56 bits per heavy atom. The van der Waals surface area contributed by atoms with Crippen molar-refractivity contribution < 1.29 is 22.7 Å². The lowest BCUT2D eigenvalue weighted by Crippen LogP contribution is -2.61. The number of hydrogen-bond acceptors (Lipinski definition) is 8. The molecule has 2 saturated heterocycles. The predicted molar refractivity (Wildman–Crippen MR) is 229 cm³/mol. The van der Waals surface area contributed by atoms with Crippen LogP contribution in [0.3, 0.4) is 0 Å². The molecule has 4 aliphatic heterocycles. The van der Waals surface area contributed by atoms with Gasteiger partial charge in [-0.3, -0.25) is 14.6 Å². The van der Waals surface area contributed by atoms with Crippen LogP contribution < -0.4 is 14.4 Å². The summed E-state index contributed by atoms with van der Waals surface area (Å²) >= 11 is 6.54. The Labute approximate surface area is 347 Å². The SMILES string of the molecule is CO[C@@]1(CN2CCN3CCCC[C@@H]3C2)/C=C/C[C@H](C)[C@@H](CC2CCC2)S(=O)(=O)NC(=O)c2ccc3c(c2)N(CCCCC2C=C(Cl)C=CC2(C)CO3)C[C@@H]2CC[C@H]21. The fourth-order valence-corrected chi connectivity index (χ4v) is 13.3. The van der Waals surface area contributed by atoms with Crippen molar-refractivity contribution in [2.75, 3.05) is 64.4 Å². The Kier molecular flexibility index (Phi) is 12.6. The number of sulfonamides is 1. The van der Waals surface area contributed by atoms with Crippen LogP contribution in [0.4, 0.5) is 5.69 Å². The van der Waals surface area contributed by atoms with Crippen molar-refractivity contribution in [2.24, 2.45) is 35.0 Å². The highest BCUT2D eigenvalue weighted by atomic mass is 35.5. The van der Waals surface area contributed by atoms with E-state index in [0.717, 1.165) is 107 Å². The van der Waals surface area contributed by atoms with Gasteiger partial charge in [-0.15, -0.1) is 0 Å². The molecule has 57 heavy (non-hydrogen) atoms. The number of rotatable bonds is 5. The van der Waals surface area contributed by atoms with Gasteiger partial charge in [-0.05, 0) is 112 Å². The molecule has 3 aliphatic carbocycles. The fraction of sp³-hybridized carbons (Fsp3) is 0.717. The van der Waals surface area contributed by atoms with E-state index in [9.17, 15) is 13.2 Å². The molecule has 11 heteroatoms. The summed E-state index contributed by atoms with van der Waals surface area (Å²) in [5.41, 5.74) is 0.476. The van der Waals surface area contributed by atoms with Crippen molar-refractivity contribution >= 4 is 33.2 Å². The summed E-state index contributed by atoms with van der Waals surface area (Å²) in [6, 6.07) is 6.12. The molecule has 4 heterocycles. The van der Waals surface area contributed by atoms with Crippen LogP contribution in [0.2, 0.25) is 0 Å². The van der Waals surface area contributed by atoms with Crippen LogP contribution in [-0.2, 0) is 14.8 Å². The molecule has 1 amide bonds. The number of hydrogen-bond donors (Lipinski definition) is 1. The number of piperidine rings is 1. The second kappa shape index (κ2) is 17.3. The maximum Gasteiger partial charge on any atom is 0.264 e. The minimum absolute atomic E-state index is 0.169. The quantitative estimate of drug-likeness (QED) is 0.298. The number of benzene rings is 1. The zero-order chi connectivity index (χ0) is 39.8. The van der Waals surface area contributed by atoms with Gasteiger partial charge in [-0.1, -0.05) is 81.9 Å². The number of methoxy groups -OCH3 is 1. The third kappa shape index (κ3) is 8.92. The molecule has 1 aromatic carbocycles. The molecular formula is C46H67ClN4O5S. The predicted octanol–water partition coefficient (Wildman–Crippen LogP) is 8.17. The highest BCUT2D eigenvalue weighted by Crippen LogP contribution is 2.48. The van der Waals surface area contributed by atoms with Gasteiger partial charge in [0.1, 0.15) is 11.4 Å². The maximum absolute atomic E-state index is 14.3. The first kappa shape index (κ1) is 41.4. The van der Waals surface area contributed by atoms with Crippen molar-refractivity contribution in [3.63, 3.8) is 0 Å². The largest absolute Gasteiger partial charge is 0.490 e. The summed E-state index contributed by atoms with van der Waals surface area (Å²) in [5, 5.41) is 0.109. The molecule has 8 atom stereocenters. The van der Waals surface area contributed by atoms with E-state index in [4.69, 9.17) is 21.1 Å². The number of ether oxygens (including phenoxy) is 2. The van der Waals surface area contributed by atoms with E-state index in [0.29, 0.717) is 48.8 Å². The summed E-state index contributed by atoms with van der Waals surface area (Å²) < 4.78 is 44.8. The fourth-order valence-electron chi connectivity index (χ4n) is 11.3. The van der Waals surface area contributed by atoms with E-state index < -0.39 is 26.8 Å². The average molecular weight is 824 g/mol. The second-order valence-electron chi connectivity index (χ2n) is 19.1. The van der Waals surface area contributed by atoms with Gasteiger partial charge in [0.05, 0.1) is 17.5 Å². The summed E-state index contributed by atoms with van der Waals surface area (Å²) in [6.45, 7) is 11.7. The number of nitrogens with zero attached hydrogens (tertiary/aromatic N) is 3. The van der Waals surface area contributed by atoms with Gasteiger partial charge in [0, 0.05) is 68.4 Å². The van der Waals surface area contributed by atoms with Gasteiger partial charge >= 0.3 is 0 Å². The number of fused-ring (bicyclic) bond motifs is 4. The van der Waals surface area contributed by atoms with E-state index >= 15 is 0 Å². The van der Waals surface area contributed by atoms with E-state index in [2.05, 4.69) is 57.6 Å². The third-order valence-corrected chi connectivity index (χ3v) is 17.5. The van der Waals surface area contributed by atoms with Crippen LogP contribution in [0.15, 0.2) is 53.6 Å². The van der Waals surface area contributed by atoms with Gasteiger partial charge < -0.3 is 14.4 Å². The summed E-state index contributed by atoms with van der Waals surface area (Å²) in [6.07, 6.45) is 24.4. The molecule has 2 unspecified atom stereocenters. The molecule has 2 bridgehead atoms. The highest BCUT2D eigenvalue weighted by molar-refractivity contribution is 7.90. The van der Waals surface area contributed by atoms with Crippen LogP contribution in [0.1, 0.15) is 108 Å². The smallest absolute Gasteiger partial charge is 0.264 e. The van der Waals surface area contributed by atoms with Crippen LogP contribution in [-0.4, -0.2) is 101 Å². The lowest BCUT2D eigenvalue weighted by atomic mass is 9.63. The molecule has 1 N–H and O–H groups in total. The second-order valence-corrected chi connectivity index (χ2v) is 21.4. The monoisotopic (exact) mass is 822 g/mol. The Bertz CT molecular complexity index is 1810. The Morgan fingerprint density at radius 2 is 1.79 bits per heavy atom. The van der Waals surface area contributed by atoms with E-state index in [1.165, 1.54) is 25.8 Å². The zero-order valence-electron chi connectivity index (χ0n) is 34.7. The lowest BCUT2D eigenvalue weighted by Gasteiger charge is -2.53. The third-order valence-electron chi connectivity index (χ3n) is 15.4. The van der Waals surface area contributed by atoms with Crippen LogP contribution in [0, 0.1) is 35.0 Å². The number of piperazine rings is 1. The first-order valence-corrected chi connectivity index (χ1v) is 24.2. The molecule has 314 valence electrons. The van der Waals surface area contributed by atoms with Gasteiger partial charge in [-0.25, -0.2) is 13.1 Å². The minimum atomic E-state index is -3.98. The number of halogens is 1. The molecule has 8 rings (SSSR count). The van der Waals surface area contributed by atoms with Crippen molar-refractivity contribution in [3.8, 4) is 5.75 Å². The van der Waals surface area contributed by atoms with E-state index in [-0.39, 0.29) is 17.3 Å². The maximum atomic E-state index is 14.3. The number of carbonyl (C=O) groups is 1. The average Bonchev–Trinajstić information content (AvgIpc) is 3.18. The van der Waals surface area contributed by atoms with Crippen molar-refractivity contribution in [1.82, 2.24) is 14.5 Å². The standard InChI is InChI=1S/C46H67ClN4O5S/c1-33-10-9-20-46(55-3,31-49-24-25-50-22-7-5-14-39(50)30-49)40-17-15-36(40)29-51-23-6-4-13-37-28-38(47)19-21-45(37,2)32-56-42-18-16-35(27-41(42)51)44(52)48-57(53,54)43(33)26-34-11-8-12-34/h9,16,18-21,27-28,33-34,36-37,39-40,43H,4-8,10-15,17,22-26,29-32H2,1-3H3,(H,48,52)/b20-9+/t33-,36-,37?,39+,40+,43+,45?,46+/m0/s1. The normalized spacial score (nSPS) is 37.4. The van der Waals surface area contributed by atoms with Crippen LogP contribution in [0.25, 0.3) is 0 Å². The van der Waals surface area contributed by atoms with E-state index in [1.54, 1.807) is 6.07 Å². The minimum Gasteiger partial charge on any atom is -0.490 e. The first-order valence-electron chi connectivity index (χ1n) is 22.3. The van der Waals surface area contributed by atoms with Crippen molar-refractivity contribution in [2.45, 2.75) is 114 Å². The summed E-state index contributed by atoms with van der Waals surface area (Å²) in [4.78, 5) is 21.8. The van der Waals surface area contributed by atoms with Gasteiger partial charge in [0.2, 0.25) is 10.0 Å². The summed E-state index contributed by atoms with van der Waals surface area (Å²) in [7, 11) is -2.08. The number of carbonyl (C=O) groups excluding carboxylic acids is 1. The molecule has 9 nitrogen and oxygen atoms in total. The van der Waals surface area contributed by atoms with Gasteiger partial charge in [0.15, 0.2) is 0 Å². The molecular weight excluding hydrogens is 756 g/mol. The first-order chi connectivity index (χ1) is 27.4. The van der Waals surface area contributed by atoms with Crippen LogP contribution >= 0.6 is 11.6 Å². The van der Waals surface area contributed by atoms with Crippen LogP contribution in [0.5, 0.6) is 5.75 Å². The molecule has 7 aliphatic rings. The topological polar surface area (TPSA) is 91.4 Å². The summed E-state index contributed by atoms with van der Waals surface area (Å²) in [5.74, 6) is 1.29. The molecule has 0 aromatic heterocycles. The van der Waals surface area contributed by atoms with Gasteiger partial charge in [0.25, 0.3) is 5.91 Å². The molecule has 1 aromatic rings. The van der Waals surface area contributed by atoms with E-state index in [1.807, 2.05) is 25.3 Å². The lowest BCUT2D eigenvalue weighted by molar-refractivity contribution is -0.1000. The molecule has 0 spiro atoms. The van der Waals surface area contributed by atoms with Gasteiger partial charge in [-0.2, -0.15) is 0 Å². The zero-order valence-corrected chi connectivity index (χ0v) is 36.3. The molecule has 2 saturated carbocycles. The number of nitrogens with one attached hydrogen (secondary N) is 1. The van der Waals surface area contributed by atoms with Crippen molar-refractivity contribution in [1.29, 1.82) is 0 Å². The van der Waals surface area contributed by atoms with Crippen molar-refractivity contribution in [3.05, 3.63) is 59.2 Å². The Balaban J connectivity index is 1.16.